The molecule has 0 unspecified atom stereocenters. The molecular weight excluding hydrogens is 909 g/mol. The van der Waals surface area contributed by atoms with Crippen LogP contribution in [0.3, 0.4) is 0 Å². The molecule has 0 saturated carbocycles. The first-order chi connectivity index (χ1) is 34.7. The average Bonchev–Trinajstić information content (AvgIpc) is 3.38. The molecule has 71 heavy (non-hydrogen) atoms. The molecule has 1 heterocycles. The maximum Gasteiger partial charge on any atom is 0.343 e. The van der Waals surface area contributed by atoms with E-state index in [1.165, 1.54) is 99.9 Å². The minimum Gasteiger partial charge on any atom is -0.494 e. The van der Waals surface area contributed by atoms with Crippen molar-refractivity contribution in [3.05, 3.63) is 119 Å². The molecule has 1 aliphatic rings. The number of ether oxygens (including phenoxy) is 7. The van der Waals surface area contributed by atoms with Gasteiger partial charge in [-0.25, -0.2) is 19.2 Å². The lowest BCUT2D eigenvalue weighted by molar-refractivity contribution is 0.0320. The fourth-order valence-electron chi connectivity index (χ4n) is 7.93. The Bertz CT molecular complexity index is 1960. The second-order valence-corrected chi connectivity index (χ2v) is 17.7. The molecule has 0 aliphatic carbocycles. The lowest BCUT2D eigenvalue weighted by Crippen LogP contribution is -2.34. The Kier molecular flexibility index (Phi) is 26.6. The summed E-state index contributed by atoms with van der Waals surface area (Å²) in [5.74, 6) is -1.15. The van der Waals surface area contributed by atoms with Crippen LogP contribution in [0, 0.1) is 0 Å². The molecule has 1 saturated heterocycles. The SMILES string of the molecule is O=C(O)c1ccc(OC(=O)c2ccc(OCCCCCCCCCN3CCOCCOCCN(CCCCCCCCCOc4ccc(C(=O)Oc5ccc(C(=O)O)cc5)cc4)CCOCC3)cc2)cc1. The van der Waals surface area contributed by atoms with Gasteiger partial charge in [-0.15, -0.1) is 0 Å². The highest BCUT2D eigenvalue weighted by molar-refractivity contribution is 5.92. The van der Waals surface area contributed by atoms with E-state index in [1.807, 2.05) is 0 Å². The molecule has 15 nitrogen and oxygen atoms in total. The molecule has 0 spiro atoms. The molecular formula is C56H74N2O13. The van der Waals surface area contributed by atoms with Crippen molar-refractivity contribution in [1.82, 2.24) is 9.80 Å². The van der Waals surface area contributed by atoms with E-state index in [1.54, 1.807) is 48.5 Å². The first-order valence-corrected chi connectivity index (χ1v) is 25.5. The van der Waals surface area contributed by atoms with Gasteiger partial charge in [-0.05, 0) is 136 Å². The van der Waals surface area contributed by atoms with Gasteiger partial charge in [0.05, 0.1) is 75.1 Å². The summed E-state index contributed by atoms with van der Waals surface area (Å²) < 4.78 is 40.5. The molecule has 2 N–H and O–H groups in total. The number of aromatic carboxylic acids is 2. The maximum absolute atomic E-state index is 12.5. The van der Waals surface area contributed by atoms with Crippen LogP contribution in [0.15, 0.2) is 97.1 Å². The number of carboxylic acids is 2. The van der Waals surface area contributed by atoms with Crippen LogP contribution in [-0.4, -0.2) is 136 Å². The normalized spacial score (nSPS) is 14.4. The van der Waals surface area contributed by atoms with Crippen molar-refractivity contribution in [2.24, 2.45) is 0 Å². The van der Waals surface area contributed by atoms with Crippen LogP contribution in [-0.2, 0) is 14.2 Å². The van der Waals surface area contributed by atoms with Crippen LogP contribution in [0.4, 0.5) is 0 Å². The fourth-order valence-corrected chi connectivity index (χ4v) is 7.93. The van der Waals surface area contributed by atoms with E-state index in [4.69, 9.17) is 43.4 Å². The second-order valence-electron chi connectivity index (χ2n) is 17.7. The van der Waals surface area contributed by atoms with Crippen LogP contribution >= 0.6 is 0 Å². The Hall–Kier alpha value is -5.84. The minimum atomic E-state index is -1.04. The fraction of sp³-hybridized carbons (Fsp3) is 0.500. The average molecular weight is 983 g/mol. The molecule has 0 radical (unpaired) electrons. The third kappa shape index (κ3) is 23.3. The lowest BCUT2D eigenvalue weighted by atomic mass is 10.1. The van der Waals surface area contributed by atoms with Gasteiger partial charge in [-0.1, -0.05) is 64.2 Å². The van der Waals surface area contributed by atoms with E-state index >= 15 is 0 Å². The maximum atomic E-state index is 12.5. The van der Waals surface area contributed by atoms with Gasteiger partial charge in [0.1, 0.15) is 23.0 Å². The molecule has 5 rings (SSSR count). The Balaban J connectivity index is 0.830. The van der Waals surface area contributed by atoms with Crippen LogP contribution in [0.2, 0.25) is 0 Å². The van der Waals surface area contributed by atoms with Crippen LogP contribution in [0.1, 0.15) is 131 Å². The zero-order valence-electron chi connectivity index (χ0n) is 41.3. The molecule has 15 heteroatoms. The van der Waals surface area contributed by atoms with Gasteiger partial charge >= 0.3 is 23.9 Å². The number of benzene rings is 4. The Morgan fingerprint density at radius 2 is 0.648 bits per heavy atom. The van der Waals surface area contributed by atoms with Crippen LogP contribution in [0.25, 0.3) is 0 Å². The molecule has 4 aromatic rings. The van der Waals surface area contributed by atoms with E-state index in [0.29, 0.717) is 62.3 Å². The number of esters is 2. The quantitative estimate of drug-likeness (QED) is 0.0312. The summed E-state index contributed by atoms with van der Waals surface area (Å²) >= 11 is 0. The number of carbonyl (C=O) groups excluding carboxylic acids is 2. The zero-order valence-corrected chi connectivity index (χ0v) is 41.3. The Morgan fingerprint density at radius 3 is 0.986 bits per heavy atom. The van der Waals surface area contributed by atoms with Gasteiger partial charge in [0, 0.05) is 26.2 Å². The molecule has 0 aromatic heterocycles. The highest BCUT2D eigenvalue weighted by Gasteiger charge is 2.13. The van der Waals surface area contributed by atoms with Gasteiger partial charge in [-0.2, -0.15) is 0 Å². The largest absolute Gasteiger partial charge is 0.494 e. The van der Waals surface area contributed by atoms with E-state index < -0.39 is 23.9 Å². The summed E-state index contributed by atoms with van der Waals surface area (Å²) in [7, 11) is 0. The van der Waals surface area contributed by atoms with Gasteiger partial charge in [0.25, 0.3) is 0 Å². The number of carbonyl (C=O) groups is 4. The van der Waals surface area contributed by atoms with Gasteiger partial charge in [0.2, 0.25) is 0 Å². The number of hydrogen-bond acceptors (Lipinski definition) is 13. The van der Waals surface area contributed by atoms with E-state index in [-0.39, 0.29) is 22.6 Å². The van der Waals surface area contributed by atoms with Crippen molar-refractivity contribution < 1.29 is 62.5 Å². The van der Waals surface area contributed by atoms with Crippen molar-refractivity contribution in [2.75, 3.05) is 92.1 Å². The summed E-state index contributed by atoms with van der Waals surface area (Å²) in [5.41, 5.74) is 1.02. The summed E-state index contributed by atoms with van der Waals surface area (Å²) in [4.78, 5) is 51.9. The third-order valence-electron chi connectivity index (χ3n) is 12.2. The number of hydrogen-bond donors (Lipinski definition) is 2. The van der Waals surface area contributed by atoms with Crippen molar-refractivity contribution >= 4 is 23.9 Å². The van der Waals surface area contributed by atoms with Gasteiger partial charge < -0.3 is 43.4 Å². The molecule has 1 aliphatic heterocycles. The smallest absolute Gasteiger partial charge is 0.343 e. The molecule has 0 atom stereocenters. The predicted octanol–water partition coefficient (Wildman–Crippen LogP) is 10.1. The Labute approximate surface area is 419 Å². The van der Waals surface area contributed by atoms with E-state index in [0.717, 1.165) is 91.0 Å². The van der Waals surface area contributed by atoms with Crippen molar-refractivity contribution in [3.8, 4) is 23.0 Å². The second kappa shape index (κ2) is 33.7. The minimum absolute atomic E-state index is 0.126. The van der Waals surface area contributed by atoms with Crippen LogP contribution in [0.5, 0.6) is 23.0 Å². The first-order valence-electron chi connectivity index (χ1n) is 25.5. The highest BCUT2D eigenvalue weighted by Crippen LogP contribution is 2.20. The summed E-state index contributed by atoms with van der Waals surface area (Å²) in [6.45, 7) is 11.0. The molecule has 386 valence electrons. The molecule has 4 aromatic carbocycles. The standard InChI is InChI=1S/C56H74N2O13/c59-53(60)45-15-27-51(28-16-45)70-55(63)47-19-23-49(24-20-47)68-37-13-9-5-1-3-7-11-31-57-33-39-65-40-34-58(36-42-67-44-43-66-41-35-57)32-12-8-4-2-6-10-14-38-69-50-25-21-48(22-26-50)56(64)71-52-29-17-46(18-30-52)54(61)62/h15-30H,1-14,31-44H2,(H,59,60)(H,61,62). The zero-order chi connectivity index (χ0) is 50.1. The molecule has 0 bridgehead atoms. The Morgan fingerprint density at radius 1 is 0.366 bits per heavy atom. The summed E-state index contributed by atoms with van der Waals surface area (Å²) in [6, 6.07) is 25.1. The number of carboxylic acid groups (broad SMARTS) is 2. The number of rotatable bonds is 28. The molecule has 1 fully saturated rings. The third-order valence-corrected chi connectivity index (χ3v) is 12.2. The predicted molar refractivity (Wildman–Crippen MR) is 271 cm³/mol. The number of unbranched alkanes of at least 4 members (excludes halogenated alkanes) is 12. The summed E-state index contributed by atoms with van der Waals surface area (Å²) in [6.07, 6.45) is 16.1. The van der Waals surface area contributed by atoms with Crippen LogP contribution < -0.4 is 18.9 Å². The van der Waals surface area contributed by atoms with Gasteiger partial charge in [0.15, 0.2) is 0 Å². The number of nitrogens with zero attached hydrogens (tertiary/aromatic N) is 2. The topological polar surface area (TPSA) is 180 Å². The van der Waals surface area contributed by atoms with Crippen molar-refractivity contribution in [3.63, 3.8) is 0 Å². The monoisotopic (exact) mass is 983 g/mol. The highest BCUT2D eigenvalue weighted by atomic mass is 16.5. The van der Waals surface area contributed by atoms with Crippen molar-refractivity contribution in [1.29, 1.82) is 0 Å². The van der Waals surface area contributed by atoms with Crippen molar-refractivity contribution in [2.45, 2.75) is 89.9 Å². The van der Waals surface area contributed by atoms with E-state index in [9.17, 15) is 19.2 Å². The van der Waals surface area contributed by atoms with E-state index in [2.05, 4.69) is 9.80 Å². The first kappa shape index (κ1) is 56.1. The van der Waals surface area contributed by atoms with Gasteiger partial charge in [-0.3, -0.25) is 9.80 Å². The lowest BCUT2D eigenvalue weighted by Gasteiger charge is -2.23. The molecule has 0 amide bonds. The summed E-state index contributed by atoms with van der Waals surface area (Å²) in [5, 5.41) is 18.1.